The Labute approximate surface area is 149 Å². The van der Waals surface area contributed by atoms with Crippen LogP contribution >= 0.6 is 11.3 Å². The van der Waals surface area contributed by atoms with Gasteiger partial charge in [-0.3, -0.25) is 4.79 Å². The van der Waals surface area contributed by atoms with Gasteiger partial charge in [-0.2, -0.15) is 0 Å². The molecule has 0 bridgehead atoms. The van der Waals surface area contributed by atoms with E-state index in [-0.39, 0.29) is 18.4 Å². The molecule has 3 rings (SSSR count). The van der Waals surface area contributed by atoms with Crippen molar-refractivity contribution in [1.29, 1.82) is 0 Å². The summed E-state index contributed by atoms with van der Waals surface area (Å²) in [6, 6.07) is 4.21. The van der Waals surface area contributed by atoms with E-state index >= 15 is 0 Å². The topological polar surface area (TPSA) is 43.8 Å². The SMILES string of the molecule is O=C(CCCc1cccs1)N1C[C@H](CO)C[C@H](CN2CCCC2)C1. The van der Waals surface area contributed by atoms with Crippen molar-refractivity contribution < 1.29 is 9.90 Å². The molecule has 5 heteroatoms. The average molecular weight is 351 g/mol. The molecule has 4 nitrogen and oxygen atoms in total. The Kier molecular flexibility index (Phi) is 6.69. The highest BCUT2D eigenvalue weighted by Gasteiger charge is 2.30. The van der Waals surface area contributed by atoms with Gasteiger partial charge in [0.2, 0.25) is 5.91 Å². The normalized spacial score (nSPS) is 25.3. The predicted molar refractivity (Wildman–Crippen MR) is 98.2 cm³/mol. The first-order valence-corrected chi connectivity index (χ1v) is 10.3. The highest BCUT2D eigenvalue weighted by Crippen LogP contribution is 2.25. The van der Waals surface area contributed by atoms with Crippen LogP contribution in [0.1, 0.15) is 37.0 Å². The van der Waals surface area contributed by atoms with Crippen LogP contribution in [0.2, 0.25) is 0 Å². The molecule has 24 heavy (non-hydrogen) atoms. The number of likely N-dealkylation sites (tertiary alicyclic amines) is 2. The maximum Gasteiger partial charge on any atom is 0.222 e. The van der Waals surface area contributed by atoms with Gasteiger partial charge in [-0.15, -0.1) is 11.3 Å². The van der Waals surface area contributed by atoms with Gasteiger partial charge in [0.25, 0.3) is 0 Å². The number of aryl methyl sites for hydroxylation is 1. The molecule has 2 atom stereocenters. The molecule has 2 fully saturated rings. The molecule has 2 saturated heterocycles. The predicted octanol–water partition coefficient (Wildman–Crippen LogP) is 2.62. The second-order valence-corrected chi connectivity index (χ2v) is 8.42. The summed E-state index contributed by atoms with van der Waals surface area (Å²) in [6.07, 6.45) is 6.23. The lowest BCUT2D eigenvalue weighted by Gasteiger charge is -2.38. The lowest BCUT2D eigenvalue weighted by atomic mass is 9.89. The maximum absolute atomic E-state index is 12.6. The molecule has 0 unspecified atom stereocenters. The van der Waals surface area contributed by atoms with Crippen LogP contribution in [0.25, 0.3) is 0 Å². The summed E-state index contributed by atoms with van der Waals surface area (Å²) in [4.78, 5) is 18.5. The molecule has 2 aliphatic heterocycles. The standard InChI is InChI=1S/C19H30N2O2S/c22-15-17-11-16(12-20-8-1-2-9-20)13-21(14-17)19(23)7-3-5-18-6-4-10-24-18/h4,6,10,16-17,22H,1-3,5,7-9,11-15H2/t16-,17-/m1/s1. The number of carbonyl (C=O) groups excluding carboxylic acids is 1. The number of aliphatic hydroxyl groups excluding tert-OH is 1. The van der Waals surface area contributed by atoms with E-state index in [9.17, 15) is 9.90 Å². The fourth-order valence-electron chi connectivity index (χ4n) is 4.14. The second-order valence-electron chi connectivity index (χ2n) is 7.39. The molecular formula is C19H30N2O2S. The fourth-order valence-corrected chi connectivity index (χ4v) is 4.89. The molecule has 0 aliphatic carbocycles. The third kappa shape index (κ3) is 5.04. The highest BCUT2D eigenvalue weighted by atomic mass is 32.1. The largest absolute Gasteiger partial charge is 0.396 e. The van der Waals surface area contributed by atoms with Crippen LogP contribution in [0.4, 0.5) is 0 Å². The van der Waals surface area contributed by atoms with Gasteiger partial charge in [-0.05, 0) is 68.5 Å². The zero-order valence-corrected chi connectivity index (χ0v) is 15.3. The van der Waals surface area contributed by atoms with E-state index < -0.39 is 0 Å². The zero-order chi connectivity index (χ0) is 16.8. The Bertz CT molecular complexity index is 499. The van der Waals surface area contributed by atoms with Crippen molar-refractivity contribution in [2.24, 2.45) is 11.8 Å². The lowest BCUT2D eigenvalue weighted by molar-refractivity contribution is -0.134. The Morgan fingerprint density at radius 3 is 2.75 bits per heavy atom. The molecule has 0 saturated carbocycles. The minimum absolute atomic E-state index is 0.204. The Morgan fingerprint density at radius 2 is 2.04 bits per heavy atom. The second kappa shape index (κ2) is 8.97. The van der Waals surface area contributed by atoms with E-state index in [1.807, 2.05) is 4.90 Å². The molecule has 3 heterocycles. The maximum atomic E-state index is 12.6. The van der Waals surface area contributed by atoms with Crippen molar-refractivity contribution in [1.82, 2.24) is 9.80 Å². The molecule has 0 aromatic carbocycles. The Hall–Kier alpha value is -0.910. The van der Waals surface area contributed by atoms with Gasteiger partial charge < -0.3 is 14.9 Å². The Balaban J connectivity index is 1.47. The number of nitrogens with zero attached hydrogens (tertiary/aromatic N) is 2. The van der Waals surface area contributed by atoms with E-state index in [2.05, 4.69) is 22.4 Å². The van der Waals surface area contributed by atoms with Gasteiger partial charge in [-0.1, -0.05) is 6.07 Å². The zero-order valence-electron chi connectivity index (χ0n) is 14.5. The summed E-state index contributed by atoms with van der Waals surface area (Å²) in [5.41, 5.74) is 0. The summed E-state index contributed by atoms with van der Waals surface area (Å²) in [5, 5.41) is 11.7. The highest BCUT2D eigenvalue weighted by molar-refractivity contribution is 7.09. The van der Waals surface area contributed by atoms with E-state index in [0.29, 0.717) is 12.3 Å². The van der Waals surface area contributed by atoms with E-state index in [1.165, 1.54) is 30.8 Å². The first-order valence-electron chi connectivity index (χ1n) is 9.38. The number of carbonyl (C=O) groups is 1. The average Bonchev–Trinajstić information content (AvgIpc) is 3.28. The first-order chi connectivity index (χ1) is 11.7. The lowest BCUT2D eigenvalue weighted by Crippen LogP contribution is -2.47. The fraction of sp³-hybridized carbons (Fsp3) is 0.737. The van der Waals surface area contributed by atoms with E-state index in [4.69, 9.17) is 0 Å². The third-order valence-corrected chi connectivity index (χ3v) is 6.28. The molecule has 134 valence electrons. The van der Waals surface area contributed by atoms with Crippen LogP contribution in [0, 0.1) is 11.8 Å². The van der Waals surface area contributed by atoms with Crippen LogP contribution in [0.15, 0.2) is 17.5 Å². The van der Waals surface area contributed by atoms with E-state index in [1.54, 1.807) is 11.3 Å². The number of hydrogen-bond acceptors (Lipinski definition) is 4. The number of thiophene rings is 1. The minimum atomic E-state index is 0.204. The third-order valence-electron chi connectivity index (χ3n) is 5.34. The summed E-state index contributed by atoms with van der Waals surface area (Å²) < 4.78 is 0. The number of hydrogen-bond donors (Lipinski definition) is 1. The van der Waals surface area contributed by atoms with Gasteiger partial charge in [0.1, 0.15) is 0 Å². The van der Waals surface area contributed by atoms with Gasteiger partial charge in [0.05, 0.1) is 0 Å². The van der Waals surface area contributed by atoms with E-state index in [0.717, 1.165) is 38.9 Å². The van der Waals surface area contributed by atoms with Crippen molar-refractivity contribution in [2.75, 3.05) is 39.3 Å². The van der Waals surface area contributed by atoms with Crippen LogP contribution in [-0.4, -0.2) is 60.1 Å². The molecule has 1 aromatic heterocycles. The smallest absolute Gasteiger partial charge is 0.222 e. The summed E-state index contributed by atoms with van der Waals surface area (Å²) in [7, 11) is 0. The molecule has 2 aliphatic rings. The molecule has 0 radical (unpaired) electrons. The number of aliphatic hydroxyl groups is 1. The van der Waals surface area contributed by atoms with Crippen molar-refractivity contribution in [2.45, 2.75) is 38.5 Å². The summed E-state index contributed by atoms with van der Waals surface area (Å²) in [5.74, 6) is 1.05. The van der Waals surface area contributed by atoms with Crippen LogP contribution < -0.4 is 0 Å². The van der Waals surface area contributed by atoms with Crippen LogP contribution in [-0.2, 0) is 11.2 Å². The monoisotopic (exact) mass is 350 g/mol. The summed E-state index contributed by atoms with van der Waals surface area (Å²) >= 11 is 1.77. The first kappa shape index (κ1) is 17.9. The molecule has 1 amide bonds. The molecule has 1 aromatic rings. The van der Waals surface area contributed by atoms with Gasteiger partial charge in [0.15, 0.2) is 0 Å². The van der Waals surface area contributed by atoms with Crippen molar-refractivity contribution >= 4 is 17.2 Å². The van der Waals surface area contributed by atoms with Crippen LogP contribution in [0.3, 0.4) is 0 Å². The minimum Gasteiger partial charge on any atom is -0.396 e. The van der Waals surface area contributed by atoms with Crippen molar-refractivity contribution in [3.05, 3.63) is 22.4 Å². The number of amides is 1. The van der Waals surface area contributed by atoms with Crippen molar-refractivity contribution in [3.63, 3.8) is 0 Å². The summed E-state index contributed by atoms with van der Waals surface area (Å²) in [6.45, 7) is 5.32. The molecule has 1 N–H and O–H groups in total. The molecule has 0 spiro atoms. The number of rotatable bonds is 7. The number of piperidine rings is 1. The Morgan fingerprint density at radius 1 is 1.25 bits per heavy atom. The van der Waals surface area contributed by atoms with Crippen LogP contribution in [0.5, 0.6) is 0 Å². The molecular weight excluding hydrogens is 320 g/mol. The van der Waals surface area contributed by atoms with Gasteiger partial charge in [0, 0.05) is 37.5 Å². The van der Waals surface area contributed by atoms with Gasteiger partial charge in [-0.25, -0.2) is 0 Å². The van der Waals surface area contributed by atoms with Crippen molar-refractivity contribution in [3.8, 4) is 0 Å². The quantitative estimate of drug-likeness (QED) is 0.822. The van der Waals surface area contributed by atoms with Gasteiger partial charge >= 0.3 is 0 Å².